The van der Waals surface area contributed by atoms with Crippen LogP contribution in [0.2, 0.25) is 0 Å². The van der Waals surface area contributed by atoms with E-state index in [-0.39, 0.29) is 31.9 Å². The molecule has 0 radical (unpaired) electrons. The Bertz CT molecular complexity index is 686. The molecule has 0 unspecified atom stereocenters. The minimum atomic E-state index is -0.593. The molecular formula is C19H22FNO3. The van der Waals surface area contributed by atoms with Crippen LogP contribution in [0.4, 0.5) is 4.39 Å². The molecule has 1 amide bonds. The lowest BCUT2D eigenvalue weighted by molar-refractivity contribution is 0.0705. The Morgan fingerprint density at radius 2 is 1.67 bits per heavy atom. The highest BCUT2D eigenvalue weighted by Crippen LogP contribution is 2.23. The molecule has 0 heterocycles. The summed E-state index contributed by atoms with van der Waals surface area (Å²) in [4.78, 5) is 13.8. The van der Waals surface area contributed by atoms with Gasteiger partial charge in [0.1, 0.15) is 5.82 Å². The van der Waals surface area contributed by atoms with Gasteiger partial charge in [-0.25, -0.2) is 4.39 Å². The third-order valence-corrected chi connectivity index (χ3v) is 3.83. The second kappa shape index (κ2) is 8.57. The zero-order chi connectivity index (χ0) is 17.5. The first kappa shape index (κ1) is 18.1. The van der Waals surface area contributed by atoms with Crippen molar-refractivity contribution >= 4 is 5.91 Å². The van der Waals surface area contributed by atoms with E-state index in [0.717, 1.165) is 11.1 Å². The van der Waals surface area contributed by atoms with Gasteiger partial charge in [-0.05, 0) is 36.6 Å². The van der Waals surface area contributed by atoms with Gasteiger partial charge in [-0.3, -0.25) is 4.79 Å². The van der Waals surface area contributed by atoms with Crippen molar-refractivity contribution < 1.29 is 19.4 Å². The Balaban J connectivity index is 2.24. The largest absolute Gasteiger partial charge is 0.396 e. The number of rotatable bonds is 7. The minimum Gasteiger partial charge on any atom is -0.396 e. The van der Waals surface area contributed by atoms with Gasteiger partial charge in [0.2, 0.25) is 0 Å². The van der Waals surface area contributed by atoms with E-state index in [1.54, 1.807) is 6.07 Å². The van der Waals surface area contributed by atoms with Crippen LogP contribution in [0.15, 0.2) is 42.5 Å². The summed E-state index contributed by atoms with van der Waals surface area (Å²) in [5.74, 6) is -1.07. The molecule has 0 aromatic heterocycles. The summed E-state index contributed by atoms with van der Waals surface area (Å²) in [7, 11) is 0. The maximum absolute atomic E-state index is 14.4. The average molecular weight is 331 g/mol. The number of aliphatic hydroxyl groups excluding tert-OH is 2. The third-order valence-electron chi connectivity index (χ3n) is 3.83. The SMILES string of the molecule is Cc1ccc(-c2ccc(C(=O)N(CCO)CCCO)c(F)c2)cc1. The molecule has 0 fully saturated rings. The van der Waals surface area contributed by atoms with Gasteiger partial charge >= 0.3 is 0 Å². The third kappa shape index (κ3) is 4.40. The summed E-state index contributed by atoms with van der Waals surface area (Å²) in [6.07, 6.45) is 0.384. The summed E-state index contributed by atoms with van der Waals surface area (Å²) in [6.45, 7) is 2.09. The number of hydrogen-bond donors (Lipinski definition) is 2. The summed E-state index contributed by atoms with van der Waals surface area (Å²) in [6, 6.07) is 12.2. The molecule has 0 saturated carbocycles. The summed E-state index contributed by atoms with van der Waals surface area (Å²) >= 11 is 0. The van der Waals surface area contributed by atoms with E-state index in [2.05, 4.69) is 0 Å². The topological polar surface area (TPSA) is 60.8 Å². The molecule has 4 nitrogen and oxygen atoms in total. The predicted octanol–water partition coefficient (Wildman–Crippen LogP) is 2.62. The van der Waals surface area contributed by atoms with Gasteiger partial charge in [0.15, 0.2) is 0 Å². The molecule has 2 rings (SSSR count). The van der Waals surface area contributed by atoms with Crippen molar-refractivity contribution in [2.24, 2.45) is 0 Å². The van der Waals surface area contributed by atoms with Crippen LogP contribution >= 0.6 is 0 Å². The number of hydrogen-bond acceptors (Lipinski definition) is 3. The minimum absolute atomic E-state index is 0.0303. The zero-order valence-corrected chi connectivity index (χ0v) is 13.7. The van der Waals surface area contributed by atoms with Crippen molar-refractivity contribution in [1.82, 2.24) is 4.90 Å². The number of nitrogens with zero attached hydrogens (tertiary/aromatic N) is 1. The van der Waals surface area contributed by atoms with Crippen molar-refractivity contribution in [3.8, 4) is 11.1 Å². The lowest BCUT2D eigenvalue weighted by atomic mass is 10.0. The van der Waals surface area contributed by atoms with E-state index in [1.165, 1.54) is 17.0 Å². The molecule has 0 saturated heterocycles. The number of carbonyl (C=O) groups excluding carboxylic acids is 1. The monoisotopic (exact) mass is 331 g/mol. The van der Waals surface area contributed by atoms with Gasteiger partial charge in [-0.2, -0.15) is 0 Å². The standard InChI is InChI=1S/C19H22FNO3/c1-14-3-5-15(6-4-14)16-7-8-17(18(20)13-16)19(24)21(10-12-23)9-2-11-22/h3-8,13,22-23H,2,9-12H2,1H3. The number of amides is 1. The van der Waals surface area contributed by atoms with Gasteiger partial charge in [0.25, 0.3) is 5.91 Å². The molecule has 2 aromatic rings. The summed E-state index contributed by atoms with van der Waals surface area (Å²) in [5.41, 5.74) is 2.67. The normalized spacial score (nSPS) is 10.7. The van der Waals surface area contributed by atoms with Crippen LogP contribution in [0.25, 0.3) is 11.1 Å². The first-order chi connectivity index (χ1) is 11.6. The maximum Gasteiger partial charge on any atom is 0.256 e. The Morgan fingerprint density at radius 3 is 2.25 bits per heavy atom. The number of aliphatic hydroxyl groups is 2. The highest BCUT2D eigenvalue weighted by Gasteiger charge is 2.19. The van der Waals surface area contributed by atoms with Gasteiger partial charge in [0.05, 0.1) is 12.2 Å². The predicted molar refractivity (Wildman–Crippen MR) is 91.3 cm³/mol. The average Bonchev–Trinajstić information content (AvgIpc) is 2.58. The quantitative estimate of drug-likeness (QED) is 0.820. The van der Waals surface area contributed by atoms with Gasteiger partial charge in [-0.15, -0.1) is 0 Å². The molecule has 2 N–H and O–H groups in total. The van der Waals surface area contributed by atoms with Crippen molar-refractivity contribution in [1.29, 1.82) is 0 Å². The lowest BCUT2D eigenvalue weighted by Gasteiger charge is -2.21. The van der Waals surface area contributed by atoms with Crippen LogP contribution in [0.1, 0.15) is 22.3 Å². The molecule has 0 atom stereocenters. The fraction of sp³-hybridized carbons (Fsp3) is 0.316. The van der Waals surface area contributed by atoms with E-state index in [0.29, 0.717) is 12.0 Å². The Labute approximate surface area is 141 Å². The van der Waals surface area contributed by atoms with Crippen molar-refractivity contribution in [3.63, 3.8) is 0 Å². The summed E-state index contributed by atoms with van der Waals surface area (Å²) in [5, 5.41) is 18.0. The molecule has 2 aromatic carbocycles. The Morgan fingerprint density at radius 1 is 1.00 bits per heavy atom. The molecule has 0 aliphatic rings. The number of aryl methyl sites for hydroxylation is 1. The molecule has 24 heavy (non-hydrogen) atoms. The van der Waals surface area contributed by atoms with Crippen LogP contribution in [-0.4, -0.2) is 47.3 Å². The molecule has 0 aliphatic heterocycles. The molecular weight excluding hydrogens is 309 g/mol. The second-order valence-electron chi connectivity index (χ2n) is 5.65. The van der Waals surface area contributed by atoms with Crippen LogP contribution in [0.3, 0.4) is 0 Å². The van der Waals surface area contributed by atoms with E-state index in [9.17, 15) is 9.18 Å². The van der Waals surface area contributed by atoms with E-state index < -0.39 is 11.7 Å². The maximum atomic E-state index is 14.4. The highest BCUT2D eigenvalue weighted by molar-refractivity contribution is 5.95. The fourth-order valence-corrected chi connectivity index (χ4v) is 2.48. The molecule has 0 bridgehead atoms. The van der Waals surface area contributed by atoms with Crippen LogP contribution in [0.5, 0.6) is 0 Å². The number of halogens is 1. The van der Waals surface area contributed by atoms with Crippen LogP contribution in [-0.2, 0) is 0 Å². The first-order valence-electron chi connectivity index (χ1n) is 7.94. The van der Waals surface area contributed by atoms with Gasteiger partial charge in [0, 0.05) is 19.7 Å². The fourth-order valence-electron chi connectivity index (χ4n) is 2.48. The molecule has 128 valence electrons. The lowest BCUT2D eigenvalue weighted by Crippen LogP contribution is -2.35. The molecule has 5 heteroatoms. The van der Waals surface area contributed by atoms with Crippen LogP contribution < -0.4 is 0 Å². The van der Waals surface area contributed by atoms with E-state index in [4.69, 9.17) is 10.2 Å². The van der Waals surface area contributed by atoms with Gasteiger partial charge in [-0.1, -0.05) is 35.9 Å². The summed E-state index contributed by atoms with van der Waals surface area (Å²) < 4.78 is 14.4. The Hall–Kier alpha value is -2.24. The smallest absolute Gasteiger partial charge is 0.256 e. The molecule has 0 aliphatic carbocycles. The molecule has 0 spiro atoms. The van der Waals surface area contributed by atoms with E-state index >= 15 is 0 Å². The second-order valence-corrected chi connectivity index (χ2v) is 5.65. The Kier molecular flexibility index (Phi) is 6.46. The first-order valence-corrected chi connectivity index (χ1v) is 7.94. The van der Waals surface area contributed by atoms with Crippen LogP contribution in [0, 0.1) is 12.7 Å². The van der Waals surface area contributed by atoms with Gasteiger partial charge < -0.3 is 15.1 Å². The zero-order valence-electron chi connectivity index (χ0n) is 13.7. The van der Waals surface area contributed by atoms with Crippen molar-refractivity contribution in [2.75, 3.05) is 26.3 Å². The van der Waals surface area contributed by atoms with E-state index in [1.807, 2.05) is 31.2 Å². The van der Waals surface area contributed by atoms with Crippen molar-refractivity contribution in [2.45, 2.75) is 13.3 Å². The highest BCUT2D eigenvalue weighted by atomic mass is 19.1. The number of carbonyl (C=O) groups is 1. The van der Waals surface area contributed by atoms with Crippen molar-refractivity contribution in [3.05, 3.63) is 59.4 Å². The number of benzene rings is 2.